The lowest BCUT2D eigenvalue weighted by Crippen LogP contribution is -2.31. The van der Waals surface area contributed by atoms with E-state index in [2.05, 4.69) is 4.98 Å². The molecule has 1 atom stereocenters. The van der Waals surface area contributed by atoms with E-state index in [0.29, 0.717) is 28.6 Å². The summed E-state index contributed by atoms with van der Waals surface area (Å²) in [4.78, 5) is 25.4. The zero-order valence-corrected chi connectivity index (χ0v) is 12.4. The number of aromatic nitrogens is 1. The van der Waals surface area contributed by atoms with Crippen LogP contribution in [0.3, 0.4) is 0 Å². The third kappa shape index (κ3) is 1.93. The first-order valence-corrected chi connectivity index (χ1v) is 7.34. The van der Waals surface area contributed by atoms with Crippen LogP contribution < -0.4 is 5.01 Å². The summed E-state index contributed by atoms with van der Waals surface area (Å²) in [5.74, 6) is -0.194. The minimum atomic E-state index is -0.728. The summed E-state index contributed by atoms with van der Waals surface area (Å²) < 4.78 is 0. The monoisotopic (exact) mass is 324 g/mol. The summed E-state index contributed by atoms with van der Waals surface area (Å²) >= 11 is 0. The topological polar surface area (TPSA) is 105 Å². The molecule has 3 aromatic rings. The Balaban J connectivity index is 1.96. The van der Waals surface area contributed by atoms with Crippen molar-refractivity contribution < 1.29 is 9.96 Å². The lowest BCUT2D eigenvalue weighted by molar-refractivity contribution is -0.500. The number of nitrogens with zero attached hydrogens (tertiary/aromatic N) is 3. The standard InChI is InChI=1S/C16H12N4O4/c21-19(22)16-15(11-6-2-3-7-12(11)17-16)14-9-10-5-1-4-8-13(10)18(14)20(23)24/h1-8,14,17H,9H2. The predicted molar refractivity (Wildman–Crippen MR) is 87.3 cm³/mol. The van der Waals surface area contributed by atoms with Gasteiger partial charge in [0, 0.05) is 11.8 Å². The number of hydrogen-bond acceptors (Lipinski definition) is 4. The molecule has 8 heteroatoms. The predicted octanol–water partition coefficient (Wildman–Crippen LogP) is 3.37. The Kier molecular flexibility index (Phi) is 2.99. The molecule has 4 rings (SSSR count). The Hall–Kier alpha value is -3.42. The minimum Gasteiger partial charge on any atom is -0.358 e. The largest absolute Gasteiger partial charge is 0.358 e. The van der Waals surface area contributed by atoms with Crippen molar-refractivity contribution in [3.05, 3.63) is 79.9 Å². The highest BCUT2D eigenvalue weighted by molar-refractivity contribution is 5.88. The molecule has 8 nitrogen and oxygen atoms in total. The van der Waals surface area contributed by atoms with Crippen LogP contribution in [0.15, 0.2) is 48.5 Å². The average Bonchev–Trinajstić information content (AvgIpc) is 3.12. The van der Waals surface area contributed by atoms with Gasteiger partial charge in [0.1, 0.15) is 17.2 Å². The van der Waals surface area contributed by atoms with Gasteiger partial charge in [-0.2, -0.15) is 0 Å². The summed E-state index contributed by atoms with van der Waals surface area (Å²) in [6, 6.07) is 13.3. The second-order valence-corrected chi connectivity index (χ2v) is 5.62. The second-order valence-electron chi connectivity index (χ2n) is 5.62. The quantitative estimate of drug-likeness (QED) is 0.587. The number of para-hydroxylation sites is 2. The number of aromatic amines is 1. The van der Waals surface area contributed by atoms with Crippen molar-refractivity contribution in [3.8, 4) is 0 Å². The molecule has 0 saturated carbocycles. The van der Waals surface area contributed by atoms with E-state index >= 15 is 0 Å². The number of fused-ring (bicyclic) bond motifs is 2. The molecule has 0 amide bonds. The molecule has 1 aromatic heterocycles. The smallest absolute Gasteiger partial charge is 0.327 e. The van der Waals surface area contributed by atoms with Crippen molar-refractivity contribution in [1.82, 2.24) is 4.98 Å². The first-order valence-electron chi connectivity index (χ1n) is 7.34. The number of hydrogen-bond donors (Lipinski definition) is 1. The molecule has 0 aliphatic carbocycles. The molecule has 0 bridgehead atoms. The van der Waals surface area contributed by atoms with E-state index in [1.54, 1.807) is 36.4 Å². The summed E-state index contributed by atoms with van der Waals surface area (Å²) in [5.41, 5.74) is 2.23. The van der Waals surface area contributed by atoms with Crippen LogP contribution in [0.5, 0.6) is 0 Å². The number of rotatable bonds is 3. The highest BCUT2D eigenvalue weighted by atomic mass is 16.7. The fourth-order valence-corrected chi connectivity index (χ4v) is 3.43. The van der Waals surface area contributed by atoms with E-state index in [1.807, 2.05) is 12.1 Å². The lowest BCUT2D eigenvalue weighted by atomic mass is 10.0. The van der Waals surface area contributed by atoms with Crippen LogP contribution in [0.2, 0.25) is 0 Å². The summed E-state index contributed by atoms with van der Waals surface area (Å²) in [6.07, 6.45) is 0.347. The Morgan fingerprint density at radius 2 is 1.75 bits per heavy atom. The fourth-order valence-electron chi connectivity index (χ4n) is 3.43. The molecule has 2 heterocycles. The molecule has 120 valence electrons. The number of nitro groups is 2. The third-order valence-electron chi connectivity index (χ3n) is 4.36. The van der Waals surface area contributed by atoms with Crippen molar-refractivity contribution in [3.63, 3.8) is 0 Å². The van der Waals surface area contributed by atoms with Crippen LogP contribution >= 0.6 is 0 Å². The van der Waals surface area contributed by atoms with Crippen LogP contribution in [0.4, 0.5) is 11.5 Å². The Bertz CT molecular complexity index is 981. The van der Waals surface area contributed by atoms with Gasteiger partial charge < -0.3 is 10.1 Å². The van der Waals surface area contributed by atoms with Gasteiger partial charge in [0.2, 0.25) is 0 Å². The third-order valence-corrected chi connectivity index (χ3v) is 4.36. The number of benzene rings is 2. The van der Waals surface area contributed by atoms with E-state index in [9.17, 15) is 20.2 Å². The van der Waals surface area contributed by atoms with E-state index < -0.39 is 16.0 Å². The zero-order valence-electron chi connectivity index (χ0n) is 12.4. The van der Waals surface area contributed by atoms with Gasteiger partial charge in [0.25, 0.3) is 0 Å². The zero-order chi connectivity index (χ0) is 16.8. The van der Waals surface area contributed by atoms with Crippen LogP contribution in [-0.4, -0.2) is 14.9 Å². The number of nitrogens with one attached hydrogen (secondary N) is 1. The molecule has 1 N–H and O–H groups in total. The fraction of sp³-hybridized carbons (Fsp3) is 0.125. The Morgan fingerprint density at radius 1 is 1.04 bits per heavy atom. The molecule has 0 saturated heterocycles. The second kappa shape index (κ2) is 5.05. The first-order chi connectivity index (χ1) is 11.6. The minimum absolute atomic E-state index is 0.194. The molecular formula is C16H12N4O4. The normalized spacial score (nSPS) is 16.3. The lowest BCUT2D eigenvalue weighted by Gasteiger charge is -2.16. The summed E-state index contributed by atoms with van der Waals surface area (Å²) in [7, 11) is 0. The summed E-state index contributed by atoms with van der Waals surface area (Å²) in [6.45, 7) is 0. The molecule has 1 aliphatic rings. The molecular weight excluding hydrogens is 312 g/mol. The first kappa shape index (κ1) is 14.2. The highest BCUT2D eigenvalue weighted by Crippen LogP contribution is 2.45. The average molecular weight is 324 g/mol. The Morgan fingerprint density at radius 3 is 2.50 bits per heavy atom. The highest BCUT2D eigenvalue weighted by Gasteiger charge is 2.43. The van der Waals surface area contributed by atoms with E-state index in [0.717, 1.165) is 10.6 Å². The number of hydrazine groups is 1. The van der Waals surface area contributed by atoms with Gasteiger partial charge in [0.15, 0.2) is 5.03 Å². The molecule has 2 aromatic carbocycles. The van der Waals surface area contributed by atoms with Crippen LogP contribution in [0.25, 0.3) is 10.9 Å². The van der Waals surface area contributed by atoms with Gasteiger partial charge in [-0.3, -0.25) is 0 Å². The molecule has 24 heavy (non-hydrogen) atoms. The maximum absolute atomic E-state index is 11.6. The van der Waals surface area contributed by atoms with E-state index in [-0.39, 0.29) is 5.82 Å². The van der Waals surface area contributed by atoms with Gasteiger partial charge >= 0.3 is 5.82 Å². The van der Waals surface area contributed by atoms with Crippen LogP contribution in [0.1, 0.15) is 17.2 Å². The van der Waals surface area contributed by atoms with Crippen molar-refractivity contribution in [1.29, 1.82) is 0 Å². The van der Waals surface area contributed by atoms with Crippen LogP contribution in [0, 0.1) is 20.2 Å². The van der Waals surface area contributed by atoms with Gasteiger partial charge in [0.05, 0.1) is 5.56 Å². The van der Waals surface area contributed by atoms with Crippen molar-refractivity contribution >= 4 is 22.4 Å². The summed E-state index contributed by atoms with van der Waals surface area (Å²) in [5, 5.41) is 24.3. The van der Waals surface area contributed by atoms with Crippen molar-refractivity contribution in [2.45, 2.75) is 12.5 Å². The van der Waals surface area contributed by atoms with Gasteiger partial charge in [-0.05, 0) is 22.6 Å². The van der Waals surface area contributed by atoms with Crippen molar-refractivity contribution in [2.24, 2.45) is 0 Å². The van der Waals surface area contributed by atoms with E-state index in [1.165, 1.54) is 0 Å². The molecule has 0 spiro atoms. The molecule has 0 radical (unpaired) electrons. The Labute approximate surface area is 135 Å². The van der Waals surface area contributed by atoms with Gasteiger partial charge in [-0.25, -0.2) is 15.1 Å². The van der Waals surface area contributed by atoms with Gasteiger partial charge in [-0.1, -0.05) is 41.4 Å². The molecule has 1 aliphatic heterocycles. The van der Waals surface area contributed by atoms with E-state index in [4.69, 9.17) is 0 Å². The van der Waals surface area contributed by atoms with Gasteiger partial charge in [-0.15, -0.1) is 0 Å². The number of anilines is 1. The SMILES string of the molecule is O=[N+]([O-])c1[nH]c2ccccc2c1C1Cc2ccccc2N1[N+](=O)[O-]. The molecule has 0 fully saturated rings. The number of H-pyrrole nitrogens is 1. The maximum Gasteiger partial charge on any atom is 0.327 e. The molecule has 1 unspecified atom stereocenters. The maximum atomic E-state index is 11.6. The van der Waals surface area contributed by atoms with Crippen molar-refractivity contribution in [2.75, 3.05) is 5.01 Å². The van der Waals surface area contributed by atoms with Crippen LogP contribution in [-0.2, 0) is 6.42 Å².